The second kappa shape index (κ2) is 10.4. The number of carbonyl (C=O) groups is 1. The Morgan fingerprint density at radius 1 is 1.15 bits per heavy atom. The Labute approximate surface area is 160 Å². The molecule has 0 atom stereocenters. The van der Waals surface area contributed by atoms with Gasteiger partial charge in [0, 0.05) is 32.5 Å². The van der Waals surface area contributed by atoms with Crippen LogP contribution < -0.4 is 14.8 Å². The third kappa shape index (κ3) is 5.84. The van der Waals surface area contributed by atoms with Gasteiger partial charge in [-0.25, -0.2) is 9.97 Å². The maximum atomic E-state index is 12.3. The predicted molar refractivity (Wildman–Crippen MR) is 106 cm³/mol. The average molecular weight is 372 g/mol. The molecule has 0 aliphatic carbocycles. The van der Waals surface area contributed by atoms with Crippen molar-refractivity contribution in [2.24, 2.45) is 0 Å². The molecule has 1 N–H and O–H groups in total. The Bertz CT molecular complexity index is 735. The summed E-state index contributed by atoms with van der Waals surface area (Å²) in [6, 6.07) is 5.84. The quantitative estimate of drug-likeness (QED) is 0.691. The van der Waals surface area contributed by atoms with Crippen LogP contribution in [0.15, 0.2) is 30.6 Å². The van der Waals surface area contributed by atoms with Gasteiger partial charge in [0.1, 0.15) is 0 Å². The number of methoxy groups -OCH3 is 2. The molecule has 7 nitrogen and oxygen atoms in total. The van der Waals surface area contributed by atoms with Crippen molar-refractivity contribution >= 4 is 11.9 Å². The standard InChI is InChI=1S/C20H28N4O3/c1-5-6-11-24(2)19(25)16-13-22-20(23-14-16)21-10-9-15-7-8-17(26-3)18(12-15)27-4/h7-8,12-14H,5-6,9-11H2,1-4H3,(H,21,22,23). The van der Waals surface area contributed by atoms with Gasteiger partial charge in [-0.05, 0) is 30.5 Å². The number of ether oxygens (including phenoxy) is 2. The zero-order valence-corrected chi connectivity index (χ0v) is 16.5. The Morgan fingerprint density at radius 3 is 2.48 bits per heavy atom. The number of benzene rings is 1. The lowest BCUT2D eigenvalue weighted by Crippen LogP contribution is -2.28. The first-order valence-electron chi connectivity index (χ1n) is 9.11. The molecule has 0 unspecified atom stereocenters. The topological polar surface area (TPSA) is 76.6 Å². The number of hydrogen-bond acceptors (Lipinski definition) is 6. The summed E-state index contributed by atoms with van der Waals surface area (Å²) in [6.07, 6.45) is 5.95. The molecule has 0 fully saturated rings. The zero-order valence-electron chi connectivity index (χ0n) is 16.5. The fourth-order valence-corrected chi connectivity index (χ4v) is 2.60. The van der Waals surface area contributed by atoms with Gasteiger partial charge in [0.15, 0.2) is 11.5 Å². The van der Waals surface area contributed by atoms with Gasteiger partial charge in [0.25, 0.3) is 5.91 Å². The fraction of sp³-hybridized carbons (Fsp3) is 0.450. The van der Waals surface area contributed by atoms with E-state index in [0.717, 1.165) is 31.4 Å². The van der Waals surface area contributed by atoms with Gasteiger partial charge in [-0.1, -0.05) is 19.4 Å². The monoisotopic (exact) mass is 372 g/mol. The molecule has 1 aromatic heterocycles. The summed E-state index contributed by atoms with van der Waals surface area (Å²) in [7, 11) is 5.04. The zero-order chi connectivity index (χ0) is 19.6. The first kappa shape index (κ1) is 20.5. The summed E-state index contributed by atoms with van der Waals surface area (Å²) in [5.41, 5.74) is 1.61. The summed E-state index contributed by atoms with van der Waals surface area (Å²) in [5.74, 6) is 1.87. The molecule has 1 aromatic carbocycles. The third-order valence-electron chi connectivity index (χ3n) is 4.24. The largest absolute Gasteiger partial charge is 0.493 e. The van der Waals surface area contributed by atoms with Crippen molar-refractivity contribution in [2.75, 3.05) is 39.7 Å². The summed E-state index contributed by atoms with van der Waals surface area (Å²) >= 11 is 0. The first-order valence-corrected chi connectivity index (χ1v) is 9.11. The highest BCUT2D eigenvalue weighted by molar-refractivity contribution is 5.93. The van der Waals surface area contributed by atoms with Crippen LogP contribution in [0.1, 0.15) is 35.7 Å². The molecular formula is C20H28N4O3. The van der Waals surface area contributed by atoms with Gasteiger partial charge in [-0.15, -0.1) is 0 Å². The number of nitrogens with one attached hydrogen (secondary N) is 1. The van der Waals surface area contributed by atoms with E-state index in [9.17, 15) is 4.79 Å². The smallest absolute Gasteiger partial charge is 0.256 e. The number of hydrogen-bond donors (Lipinski definition) is 1. The number of amides is 1. The second-order valence-corrected chi connectivity index (χ2v) is 6.24. The third-order valence-corrected chi connectivity index (χ3v) is 4.24. The molecule has 0 radical (unpaired) electrons. The lowest BCUT2D eigenvalue weighted by molar-refractivity contribution is 0.0792. The number of carbonyl (C=O) groups excluding carboxylic acids is 1. The van der Waals surface area contributed by atoms with Gasteiger partial charge >= 0.3 is 0 Å². The number of nitrogens with zero attached hydrogens (tertiary/aromatic N) is 3. The number of aromatic nitrogens is 2. The van der Waals surface area contributed by atoms with Crippen LogP contribution >= 0.6 is 0 Å². The van der Waals surface area contributed by atoms with Crippen LogP contribution in [0.3, 0.4) is 0 Å². The number of anilines is 1. The van der Waals surface area contributed by atoms with E-state index in [1.54, 1.807) is 38.6 Å². The highest BCUT2D eigenvalue weighted by Crippen LogP contribution is 2.27. The Balaban J connectivity index is 1.87. The van der Waals surface area contributed by atoms with Gasteiger partial charge in [-0.3, -0.25) is 4.79 Å². The number of rotatable bonds is 10. The maximum Gasteiger partial charge on any atom is 0.256 e. The molecule has 1 amide bonds. The minimum atomic E-state index is -0.0553. The second-order valence-electron chi connectivity index (χ2n) is 6.24. The Morgan fingerprint density at radius 2 is 1.85 bits per heavy atom. The van der Waals surface area contributed by atoms with Crippen LogP contribution in [0.2, 0.25) is 0 Å². The van der Waals surface area contributed by atoms with E-state index in [1.807, 2.05) is 18.2 Å². The molecule has 2 aromatic rings. The van der Waals surface area contributed by atoms with Crippen molar-refractivity contribution < 1.29 is 14.3 Å². The molecule has 0 aliphatic heterocycles. The van der Waals surface area contributed by atoms with Gasteiger partial charge < -0.3 is 19.7 Å². The van der Waals surface area contributed by atoms with E-state index < -0.39 is 0 Å². The molecule has 0 bridgehead atoms. The van der Waals surface area contributed by atoms with Crippen LogP contribution in [-0.2, 0) is 6.42 Å². The molecule has 146 valence electrons. The van der Waals surface area contributed by atoms with E-state index in [0.29, 0.717) is 29.6 Å². The van der Waals surface area contributed by atoms with Crippen molar-refractivity contribution in [1.29, 1.82) is 0 Å². The fourth-order valence-electron chi connectivity index (χ4n) is 2.60. The summed E-state index contributed by atoms with van der Waals surface area (Å²) in [5, 5.41) is 3.17. The van der Waals surface area contributed by atoms with Gasteiger partial charge in [-0.2, -0.15) is 0 Å². The van der Waals surface area contributed by atoms with Crippen molar-refractivity contribution in [3.05, 3.63) is 41.7 Å². The molecular weight excluding hydrogens is 344 g/mol. The molecule has 27 heavy (non-hydrogen) atoms. The molecule has 0 saturated carbocycles. The van der Waals surface area contributed by atoms with E-state index in [1.165, 1.54) is 0 Å². The molecule has 0 saturated heterocycles. The number of unbranched alkanes of at least 4 members (excludes halogenated alkanes) is 1. The highest BCUT2D eigenvalue weighted by atomic mass is 16.5. The minimum absolute atomic E-state index is 0.0553. The summed E-state index contributed by atoms with van der Waals surface area (Å²) < 4.78 is 10.6. The molecule has 7 heteroatoms. The van der Waals surface area contributed by atoms with E-state index >= 15 is 0 Å². The van der Waals surface area contributed by atoms with Crippen molar-refractivity contribution in [3.63, 3.8) is 0 Å². The van der Waals surface area contributed by atoms with Crippen molar-refractivity contribution in [2.45, 2.75) is 26.2 Å². The van der Waals surface area contributed by atoms with Gasteiger partial charge in [0.2, 0.25) is 5.95 Å². The predicted octanol–water partition coefficient (Wildman–Crippen LogP) is 3.02. The van der Waals surface area contributed by atoms with Crippen LogP contribution in [-0.4, -0.2) is 55.1 Å². The van der Waals surface area contributed by atoms with E-state index in [2.05, 4.69) is 22.2 Å². The highest BCUT2D eigenvalue weighted by Gasteiger charge is 2.12. The van der Waals surface area contributed by atoms with Crippen LogP contribution in [0, 0.1) is 0 Å². The minimum Gasteiger partial charge on any atom is -0.493 e. The lowest BCUT2D eigenvalue weighted by atomic mass is 10.1. The maximum absolute atomic E-state index is 12.3. The van der Waals surface area contributed by atoms with Gasteiger partial charge in [0.05, 0.1) is 19.8 Å². The molecule has 2 rings (SSSR count). The van der Waals surface area contributed by atoms with Crippen molar-refractivity contribution in [1.82, 2.24) is 14.9 Å². The Hall–Kier alpha value is -2.83. The summed E-state index contributed by atoms with van der Waals surface area (Å²) in [4.78, 5) is 22.5. The van der Waals surface area contributed by atoms with E-state index in [-0.39, 0.29) is 5.91 Å². The molecule has 0 spiro atoms. The molecule has 0 aliphatic rings. The van der Waals surface area contributed by atoms with E-state index in [4.69, 9.17) is 9.47 Å². The normalized spacial score (nSPS) is 10.4. The molecule has 1 heterocycles. The first-order chi connectivity index (χ1) is 13.1. The van der Waals surface area contributed by atoms with Crippen LogP contribution in [0.25, 0.3) is 0 Å². The van der Waals surface area contributed by atoms with Crippen LogP contribution in [0.5, 0.6) is 11.5 Å². The van der Waals surface area contributed by atoms with Crippen molar-refractivity contribution in [3.8, 4) is 11.5 Å². The average Bonchev–Trinajstić information content (AvgIpc) is 2.71. The SMILES string of the molecule is CCCCN(C)C(=O)c1cnc(NCCc2ccc(OC)c(OC)c2)nc1. The lowest BCUT2D eigenvalue weighted by Gasteiger charge is -2.16. The van der Waals surface area contributed by atoms with Crippen LogP contribution in [0.4, 0.5) is 5.95 Å². The summed E-state index contributed by atoms with van der Waals surface area (Å²) in [6.45, 7) is 3.50. The Kier molecular flexibility index (Phi) is 7.85.